The minimum absolute atomic E-state index is 0.0545. The van der Waals surface area contributed by atoms with Crippen molar-refractivity contribution in [2.24, 2.45) is 0 Å². The molecule has 84 valence electrons. The summed E-state index contributed by atoms with van der Waals surface area (Å²) < 4.78 is 0. The number of para-hydroxylation sites is 2. The molecule has 4 nitrogen and oxygen atoms in total. The van der Waals surface area contributed by atoms with Gasteiger partial charge in [-0.1, -0.05) is 12.1 Å². The molecule has 2 heterocycles. The Hall–Kier alpha value is -1.39. The third-order valence-electron chi connectivity index (χ3n) is 3.13. The zero-order valence-corrected chi connectivity index (χ0v) is 8.98. The lowest BCUT2D eigenvalue weighted by atomic mass is 10.0. The van der Waals surface area contributed by atoms with E-state index in [-0.39, 0.29) is 12.1 Å². The Kier molecular flexibility index (Phi) is 2.38. The van der Waals surface area contributed by atoms with Gasteiger partial charge in [0.15, 0.2) is 0 Å². The van der Waals surface area contributed by atoms with Crippen molar-refractivity contribution in [3.05, 3.63) is 30.1 Å². The molecule has 3 rings (SSSR count). The molecule has 0 saturated carbocycles. The Morgan fingerprint density at radius 1 is 1.31 bits per heavy atom. The van der Waals surface area contributed by atoms with E-state index in [9.17, 15) is 5.11 Å². The Balaban J connectivity index is 1.98. The molecule has 1 aromatic heterocycles. The first-order chi connectivity index (χ1) is 7.84. The summed E-state index contributed by atoms with van der Waals surface area (Å²) in [7, 11) is 0. The molecule has 2 atom stereocenters. The van der Waals surface area contributed by atoms with Crippen LogP contribution >= 0.6 is 0 Å². The molecule has 1 aliphatic rings. The summed E-state index contributed by atoms with van der Waals surface area (Å²) in [5.74, 6) is 0.841. The SMILES string of the molecule is OC1CCCNC1c1nc2ccccc2[nH]1. The van der Waals surface area contributed by atoms with Gasteiger partial charge < -0.3 is 15.4 Å². The van der Waals surface area contributed by atoms with Gasteiger partial charge in [0.25, 0.3) is 0 Å². The van der Waals surface area contributed by atoms with Gasteiger partial charge in [-0.3, -0.25) is 0 Å². The maximum atomic E-state index is 9.93. The summed E-state index contributed by atoms with van der Waals surface area (Å²) in [6.07, 6.45) is 1.53. The largest absolute Gasteiger partial charge is 0.391 e. The monoisotopic (exact) mass is 217 g/mol. The lowest BCUT2D eigenvalue weighted by Crippen LogP contribution is -2.38. The number of hydrogen-bond donors (Lipinski definition) is 3. The molecule has 0 radical (unpaired) electrons. The zero-order chi connectivity index (χ0) is 11.0. The summed E-state index contributed by atoms with van der Waals surface area (Å²) in [6.45, 7) is 0.943. The van der Waals surface area contributed by atoms with Gasteiger partial charge in [0.1, 0.15) is 5.82 Å². The van der Waals surface area contributed by atoms with E-state index in [4.69, 9.17) is 0 Å². The molecule has 0 aliphatic carbocycles. The molecule has 4 heteroatoms. The van der Waals surface area contributed by atoms with Crippen LogP contribution in [0.5, 0.6) is 0 Å². The van der Waals surface area contributed by atoms with Gasteiger partial charge in [-0.05, 0) is 31.5 Å². The Morgan fingerprint density at radius 3 is 3.00 bits per heavy atom. The van der Waals surface area contributed by atoms with Crippen LogP contribution in [0.2, 0.25) is 0 Å². The average Bonchev–Trinajstić information content (AvgIpc) is 2.73. The van der Waals surface area contributed by atoms with Crippen LogP contribution in [-0.2, 0) is 0 Å². The maximum absolute atomic E-state index is 9.93. The predicted octanol–water partition coefficient (Wildman–Crippen LogP) is 1.35. The minimum Gasteiger partial charge on any atom is -0.391 e. The normalized spacial score (nSPS) is 26.1. The van der Waals surface area contributed by atoms with E-state index < -0.39 is 0 Å². The van der Waals surface area contributed by atoms with Gasteiger partial charge in [0.2, 0.25) is 0 Å². The van der Waals surface area contributed by atoms with Gasteiger partial charge in [0.05, 0.1) is 23.2 Å². The Labute approximate surface area is 93.7 Å². The molecule has 0 spiro atoms. The number of nitrogens with one attached hydrogen (secondary N) is 2. The second-order valence-electron chi connectivity index (χ2n) is 4.28. The van der Waals surface area contributed by atoms with Crippen molar-refractivity contribution < 1.29 is 5.11 Å². The van der Waals surface area contributed by atoms with Crippen LogP contribution in [0, 0.1) is 0 Å². The van der Waals surface area contributed by atoms with Crippen molar-refractivity contribution >= 4 is 11.0 Å². The van der Waals surface area contributed by atoms with Gasteiger partial charge >= 0.3 is 0 Å². The van der Waals surface area contributed by atoms with Gasteiger partial charge in [-0.15, -0.1) is 0 Å². The van der Waals surface area contributed by atoms with E-state index in [0.717, 1.165) is 36.2 Å². The minimum atomic E-state index is -0.339. The summed E-state index contributed by atoms with van der Waals surface area (Å²) in [6, 6.07) is 7.87. The van der Waals surface area contributed by atoms with Crippen molar-refractivity contribution in [1.82, 2.24) is 15.3 Å². The third kappa shape index (κ3) is 1.60. The number of imidazole rings is 1. The number of piperidine rings is 1. The highest BCUT2D eigenvalue weighted by Gasteiger charge is 2.26. The Bertz CT molecular complexity index is 461. The van der Waals surface area contributed by atoms with Crippen LogP contribution in [0.25, 0.3) is 11.0 Å². The molecular formula is C12H15N3O. The molecule has 2 unspecified atom stereocenters. The van der Waals surface area contributed by atoms with E-state index in [0.29, 0.717) is 0 Å². The van der Waals surface area contributed by atoms with E-state index in [1.807, 2.05) is 24.3 Å². The van der Waals surface area contributed by atoms with Crippen molar-refractivity contribution in [1.29, 1.82) is 0 Å². The van der Waals surface area contributed by atoms with Gasteiger partial charge in [-0.2, -0.15) is 0 Å². The quantitative estimate of drug-likeness (QED) is 0.675. The van der Waals surface area contributed by atoms with E-state index in [1.165, 1.54) is 0 Å². The molecule has 1 aromatic carbocycles. The third-order valence-corrected chi connectivity index (χ3v) is 3.13. The zero-order valence-electron chi connectivity index (χ0n) is 8.98. The molecule has 0 amide bonds. The molecule has 1 saturated heterocycles. The van der Waals surface area contributed by atoms with Crippen LogP contribution in [0.3, 0.4) is 0 Å². The second kappa shape index (κ2) is 3.88. The van der Waals surface area contributed by atoms with Crippen LogP contribution < -0.4 is 5.32 Å². The van der Waals surface area contributed by atoms with Crippen LogP contribution in [0.4, 0.5) is 0 Å². The van der Waals surface area contributed by atoms with Gasteiger partial charge in [-0.25, -0.2) is 4.98 Å². The summed E-state index contributed by atoms with van der Waals surface area (Å²) >= 11 is 0. The fraction of sp³-hybridized carbons (Fsp3) is 0.417. The van der Waals surface area contributed by atoms with Crippen LogP contribution in [-0.4, -0.2) is 27.7 Å². The topological polar surface area (TPSA) is 60.9 Å². The van der Waals surface area contributed by atoms with Gasteiger partial charge in [0, 0.05) is 0 Å². The van der Waals surface area contributed by atoms with Crippen molar-refractivity contribution in [2.45, 2.75) is 25.0 Å². The van der Waals surface area contributed by atoms with Crippen LogP contribution in [0.15, 0.2) is 24.3 Å². The van der Waals surface area contributed by atoms with E-state index >= 15 is 0 Å². The molecular weight excluding hydrogens is 202 g/mol. The average molecular weight is 217 g/mol. The first-order valence-electron chi connectivity index (χ1n) is 5.71. The number of fused-ring (bicyclic) bond motifs is 1. The summed E-state index contributed by atoms with van der Waals surface area (Å²) in [5, 5.41) is 13.2. The number of H-pyrrole nitrogens is 1. The smallest absolute Gasteiger partial charge is 0.127 e. The first-order valence-corrected chi connectivity index (χ1v) is 5.71. The molecule has 2 aromatic rings. The second-order valence-corrected chi connectivity index (χ2v) is 4.28. The highest BCUT2D eigenvalue weighted by molar-refractivity contribution is 5.74. The summed E-state index contributed by atoms with van der Waals surface area (Å²) in [4.78, 5) is 7.77. The number of rotatable bonds is 1. The highest BCUT2D eigenvalue weighted by atomic mass is 16.3. The van der Waals surface area contributed by atoms with E-state index in [2.05, 4.69) is 15.3 Å². The summed E-state index contributed by atoms with van der Waals surface area (Å²) in [5.41, 5.74) is 1.98. The fourth-order valence-corrected chi connectivity index (χ4v) is 2.27. The lowest BCUT2D eigenvalue weighted by Gasteiger charge is -2.27. The molecule has 1 aliphatic heterocycles. The number of aliphatic hydroxyl groups excluding tert-OH is 1. The number of hydrogen-bond acceptors (Lipinski definition) is 3. The van der Waals surface area contributed by atoms with E-state index in [1.54, 1.807) is 0 Å². The molecule has 1 fully saturated rings. The number of aromatic amines is 1. The fourth-order valence-electron chi connectivity index (χ4n) is 2.27. The maximum Gasteiger partial charge on any atom is 0.127 e. The standard InChI is InChI=1S/C12H15N3O/c16-10-6-3-7-13-11(10)12-14-8-4-1-2-5-9(8)15-12/h1-2,4-5,10-11,13,16H,3,6-7H2,(H,14,15). The van der Waals surface area contributed by atoms with Crippen molar-refractivity contribution in [3.63, 3.8) is 0 Å². The predicted molar refractivity (Wildman–Crippen MR) is 62.1 cm³/mol. The number of aromatic nitrogens is 2. The lowest BCUT2D eigenvalue weighted by molar-refractivity contribution is 0.0933. The molecule has 3 N–H and O–H groups in total. The van der Waals surface area contributed by atoms with Crippen molar-refractivity contribution in [3.8, 4) is 0 Å². The first kappa shape index (κ1) is 9.81. The number of benzene rings is 1. The highest BCUT2D eigenvalue weighted by Crippen LogP contribution is 2.23. The van der Waals surface area contributed by atoms with Crippen molar-refractivity contribution in [2.75, 3.05) is 6.54 Å². The Morgan fingerprint density at radius 2 is 2.19 bits per heavy atom. The molecule has 0 bridgehead atoms. The number of aliphatic hydroxyl groups is 1. The van der Waals surface area contributed by atoms with Crippen LogP contribution in [0.1, 0.15) is 24.7 Å². The number of nitrogens with zero attached hydrogens (tertiary/aromatic N) is 1. The molecule has 16 heavy (non-hydrogen) atoms.